The Bertz CT molecular complexity index is 839. The van der Waals surface area contributed by atoms with E-state index < -0.39 is 0 Å². The van der Waals surface area contributed by atoms with Crippen LogP contribution in [0.4, 0.5) is 11.4 Å². The normalized spacial score (nSPS) is 10.2. The van der Waals surface area contributed by atoms with Gasteiger partial charge in [0.05, 0.1) is 27.8 Å². The average Bonchev–Trinajstić information content (AvgIpc) is 2.69. The number of hydrogen-bond donors (Lipinski definition) is 2. The average molecular weight is 386 g/mol. The zero-order valence-corrected chi connectivity index (χ0v) is 16.8. The van der Waals surface area contributed by atoms with Crippen molar-refractivity contribution in [2.75, 3.05) is 32.0 Å². The molecular formula is C21H26N2O5. The largest absolute Gasteiger partial charge is 0.493 e. The highest BCUT2D eigenvalue weighted by Crippen LogP contribution is 2.38. The molecule has 2 aromatic carbocycles. The number of hydrogen-bond acceptors (Lipinski definition) is 5. The lowest BCUT2D eigenvalue weighted by Crippen LogP contribution is -2.16. The summed E-state index contributed by atoms with van der Waals surface area (Å²) in [6.45, 7) is 3.67. The van der Waals surface area contributed by atoms with Crippen LogP contribution in [0.15, 0.2) is 30.3 Å². The Morgan fingerprint density at radius 3 is 2.07 bits per heavy atom. The summed E-state index contributed by atoms with van der Waals surface area (Å²) in [7, 11) is 4.58. The Kier molecular flexibility index (Phi) is 7.26. The summed E-state index contributed by atoms with van der Waals surface area (Å²) in [5, 5.41) is 5.68. The maximum atomic E-state index is 12.6. The molecule has 2 aromatic rings. The molecular weight excluding hydrogens is 360 g/mol. The van der Waals surface area contributed by atoms with Crippen LogP contribution in [0.3, 0.4) is 0 Å². The number of aryl methyl sites for hydroxylation is 1. The number of benzene rings is 2. The summed E-state index contributed by atoms with van der Waals surface area (Å²) in [4.78, 5) is 24.1. The van der Waals surface area contributed by atoms with Crippen LogP contribution in [-0.2, 0) is 16.0 Å². The summed E-state index contributed by atoms with van der Waals surface area (Å²) in [6, 6.07) is 8.88. The molecule has 0 atom stereocenters. The maximum Gasteiger partial charge on any atom is 0.228 e. The van der Waals surface area contributed by atoms with Crippen molar-refractivity contribution in [2.45, 2.75) is 26.7 Å². The van der Waals surface area contributed by atoms with Gasteiger partial charge in [-0.15, -0.1) is 0 Å². The van der Waals surface area contributed by atoms with Crippen LogP contribution in [0.25, 0.3) is 0 Å². The van der Waals surface area contributed by atoms with Gasteiger partial charge in [0.15, 0.2) is 11.5 Å². The summed E-state index contributed by atoms with van der Waals surface area (Å²) < 4.78 is 15.9. The van der Waals surface area contributed by atoms with Crippen LogP contribution in [0.2, 0.25) is 0 Å². The van der Waals surface area contributed by atoms with Gasteiger partial charge in [0, 0.05) is 17.8 Å². The molecule has 7 nitrogen and oxygen atoms in total. The molecule has 2 amide bonds. The molecule has 7 heteroatoms. The van der Waals surface area contributed by atoms with E-state index in [-0.39, 0.29) is 18.2 Å². The van der Waals surface area contributed by atoms with Gasteiger partial charge >= 0.3 is 0 Å². The third kappa shape index (κ3) is 5.16. The Morgan fingerprint density at radius 2 is 1.54 bits per heavy atom. The fourth-order valence-electron chi connectivity index (χ4n) is 2.70. The predicted molar refractivity (Wildman–Crippen MR) is 109 cm³/mol. The highest BCUT2D eigenvalue weighted by molar-refractivity contribution is 5.95. The van der Waals surface area contributed by atoms with Crippen molar-refractivity contribution in [1.29, 1.82) is 0 Å². The number of anilines is 2. The molecule has 28 heavy (non-hydrogen) atoms. The van der Waals surface area contributed by atoms with E-state index in [1.165, 1.54) is 21.3 Å². The second-order valence-electron chi connectivity index (χ2n) is 6.19. The van der Waals surface area contributed by atoms with Gasteiger partial charge in [0.25, 0.3) is 0 Å². The number of carbonyl (C=O) groups excluding carboxylic acids is 2. The zero-order chi connectivity index (χ0) is 20.7. The minimum Gasteiger partial charge on any atom is -0.493 e. The van der Waals surface area contributed by atoms with Crippen LogP contribution in [0.5, 0.6) is 17.2 Å². The van der Waals surface area contributed by atoms with E-state index >= 15 is 0 Å². The number of amides is 2. The Hall–Kier alpha value is -3.22. The van der Waals surface area contributed by atoms with Crippen molar-refractivity contribution >= 4 is 23.2 Å². The molecule has 0 saturated carbocycles. The van der Waals surface area contributed by atoms with Gasteiger partial charge in [0.1, 0.15) is 0 Å². The predicted octanol–water partition coefficient (Wildman–Crippen LogP) is 3.55. The van der Waals surface area contributed by atoms with E-state index in [0.717, 1.165) is 11.1 Å². The molecule has 0 unspecified atom stereocenters. The number of methoxy groups -OCH3 is 3. The smallest absolute Gasteiger partial charge is 0.228 e. The van der Waals surface area contributed by atoms with E-state index in [2.05, 4.69) is 10.6 Å². The molecule has 0 fully saturated rings. The van der Waals surface area contributed by atoms with E-state index in [4.69, 9.17) is 14.2 Å². The first-order valence-electron chi connectivity index (χ1n) is 8.91. The second kappa shape index (κ2) is 9.64. The SMILES string of the molecule is CCC(=O)Nc1ccc(C)c(NC(=O)Cc2cc(OC)c(OC)c(OC)c2)c1. The van der Waals surface area contributed by atoms with E-state index in [0.29, 0.717) is 35.0 Å². The van der Waals surface area contributed by atoms with Gasteiger partial charge in [-0.3, -0.25) is 9.59 Å². The van der Waals surface area contributed by atoms with Gasteiger partial charge in [-0.25, -0.2) is 0 Å². The third-order valence-electron chi connectivity index (χ3n) is 4.21. The Morgan fingerprint density at radius 1 is 0.893 bits per heavy atom. The quantitative estimate of drug-likeness (QED) is 0.725. The lowest BCUT2D eigenvalue weighted by atomic mass is 10.1. The lowest BCUT2D eigenvalue weighted by molar-refractivity contribution is -0.116. The molecule has 0 bridgehead atoms. The van der Waals surface area contributed by atoms with Crippen LogP contribution in [0, 0.1) is 6.92 Å². The van der Waals surface area contributed by atoms with Crippen molar-refractivity contribution < 1.29 is 23.8 Å². The topological polar surface area (TPSA) is 85.9 Å². The zero-order valence-electron chi connectivity index (χ0n) is 16.8. The number of carbonyl (C=O) groups is 2. The second-order valence-corrected chi connectivity index (χ2v) is 6.19. The minimum absolute atomic E-state index is 0.0847. The van der Waals surface area contributed by atoms with Crippen molar-refractivity contribution in [3.63, 3.8) is 0 Å². The number of ether oxygens (including phenoxy) is 3. The molecule has 0 saturated heterocycles. The maximum absolute atomic E-state index is 12.6. The fraction of sp³-hybridized carbons (Fsp3) is 0.333. The van der Waals surface area contributed by atoms with Gasteiger partial charge in [0.2, 0.25) is 17.6 Å². The first-order chi connectivity index (χ1) is 13.4. The highest BCUT2D eigenvalue weighted by Gasteiger charge is 2.15. The van der Waals surface area contributed by atoms with Crippen molar-refractivity contribution in [2.24, 2.45) is 0 Å². The van der Waals surface area contributed by atoms with Crippen molar-refractivity contribution in [3.8, 4) is 17.2 Å². The summed E-state index contributed by atoms with van der Waals surface area (Å²) >= 11 is 0. The lowest BCUT2D eigenvalue weighted by Gasteiger charge is -2.15. The summed E-state index contributed by atoms with van der Waals surface area (Å²) in [5.74, 6) is 1.18. The van der Waals surface area contributed by atoms with Crippen LogP contribution in [-0.4, -0.2) is 33.1 Å². The molecule has 0 radical (unpaired) electrons. The van der Waals surface area contributed by atoms with Crippen molar-refractivity contribution in [3.05, 3.63) is 41.5 Å². The van der Waals surface area contributed by atoms with E-state index in [1.54, 1.807) is 31.2 Å². The molecule has 0 aliphatic heterocycles. The summed E-state index contributed by atoms with van der Waals surface area (Å²) in [5.41, 5.74) is 2.90. The highest BCUT2D eigenvalue weighted by atomic mass is 16.5. The van der Waals surface area contributed by atoms with Gasteiger partial charge in [-0.1, -0.05) is 13.0 Å². The van der Waals surface area contributed by atoms with E-state index in [1.807, 2.05) is 13.0 Å². The third-order valence-corrected chi connectivity index (χ3v) is 4.21. The first-order valence-corrected chi connectivity index (χ1v) is 8.91. The van der Waals surface area contributed by atoms with Gasteiger partial charge in [-0.2, -0.15) is 0 Å². The van der Waals surface area contributed by atoms with Gasteiger partial charge < -0.3 is 24.8 Å². The number of nitrogens with one attached hydrogen (secondary N) is 2. The fourth-order valence-corrected chi connectivity index (χ4v) is 2.70. The molecule has 0 aromatic heterocycles. The molecule has 0 aliphatic carbocycles. The van der Waals surface area contributed by atoms with E-state index in [9.17, 15) is 9.59 Å². The monoisotopic (exact) mass is 386 g/mol. The first kappa shape index (κ1) is 21.1. The molecule has 0 spiro atoms. The molecule has 2 N–H and O–H groups in total. The minimum atomic E-state index is -0.198. The van der Waals surface area contributed by atoms with Gasteiger partial charge in [-0.05, 0) is 42.3 Å². The Labute approximate surface area is 165 Å². The molecule has 0 aliphatic rings. The van der Waals surface area contributed by atoms with Crippen molar-refractivity contribution in [1.82, 2.24) is 0 Å². The summed E-state index contributed by atoms with van der Waals surface area (Å²) in [6.07, 6.45) is 0.512. The van der Waals surface area contributed by atoms with Crippen LogP contribution < -0.4 is 24.8 Å². The Balaban J connectivity index is 2.18. The van der Waals surface area contributed by atoms with Crippen LogP contribution >= 0.6 is 0 Å². The molecule has 0 heterocycles. The molecule has 2 rings (SSSR count). The number of rotatable bonds is 8. The standard InChI is InChI=1S/C21H26N2O5/c1-6-19(24)22-15-8-7-13(2)16(12-15)23-20(25)11-14-9-17(26-3)21(28-5)18(10-14)27-4/h7-10,12H,6,11H2,1-5H3,(H,22,24)(H,23,25). The molecule has 150 valence electrons. The van der Waals surface area contributed by atoms with Crippen LogP contribution in [0.1, 0.15) is 24.5 Å².